The lowest BCUT2D eigenvalue weighted by molar-refractivity contribution is 0.0940. The van der Waals surface area contributed by atoms with Gasteiger partial charge in [0.1, 0.15) is 0 Å². The fourth-order valence-corrected chi connectivity index (χ4v) is 3.35. The Morgan fingerprint density at radius 1 is 1.05 bits per heavy atom. The van der Waals surface area contributed by atoms with Crippen molar-refractivity contribution in [2.75, 3.05) is 0 Å². The van der Waals surface area contributed by atoms with Gasteiger partial charge in [0.15, 0.2) is 0 Å². The minimum atomic E-state index is -0.0124. The first-order valence-corrected chi connectivity index (χ1v) is 8.89. The van der Waals surface area contributed by atoms with Crippen molar-refractivity contribution in [2.24, 2.45) is 0 Å². The van der Waals surface area contributed by atoms with Crippen LogP contribution in [0.15, 0.2) is 42.5 Å². The molecule has 0 saturated heterocycles. The number of carbonyl (C=O) groups excluding carboxylic acids is 1. The molecule has 0 aliphatic heterocycles. The van der Waals surface area contributed by atoms with Crippen molar-refractivity contribution in [1.29, 1.82) is 0 Å². The van der Waals surface area contributed by atoms with E-state index in [1.807, 2.05) is 24.3 Å². The number of benzene rings is 2. The number of fused-ring (bicyclic) bond motifs is 1. The quantitative estimate of drug-likeness (QED) is 0.740. The van der Waals surface area contributed by atoms with Crippen LogP contribution in [-0.2, 0) is 12.8 Å². The van der Waals surface area contributed by atoms with Gasteiger partial charge < -0.3 is 5.32 Å². The van der Waals surface area contributed by atoms with Gasteiger partial charge in [-0.1, -0.05) is 18.2 Å². The highest BCUT2D eigenvalue weighted by molar-refractivity contribution is 14.1. The molecule has 2 nitrogen and oxygen atoms in total. The molecule has 0 radical (unpaired) electrons. The third-order valence-electron chi connectivity index (χ3n) is 4.33. The Hall–Kier alpha value is -1.36. The Balaban J connectivity index is 1.72. The summed E-state index contributed by atoms with van der Waals surface area (Å²) < 4.78 is 1.14. The van der Waals surface area contributed by atoms with E-state index in [4.69, 9.17) is 0 Å². The molecule has 0 saturated carbocycles. The Bertz CT molecular complexity index is 678. The molecule has 2 aromatic carbocycles. The molecule has 114 valence electrons. The van der Waals surface area contributed by atoms with Crippen molar-refractivity contribution >= 4 is 28.5 Å². The average molecular weight is 405 g/mol. The van der Waals surface area contributed by atoms with Gasteiger partial charge in [0.25, 0.3) is 5.91 Å². The van der Waals surface area contributed by atoms with Gasteiger partial charge in [-0.25, -0.2) is 0 Å². The zero-order chi connectivity index (χ0) is 15.5. The molecule has 0 unspecified atom stereocenters. The van der Waals surface area contributed by atoms with Crippen LogP contribution in [-0.4, -0.2) is 5.91 Å². The number of amides is 1. The second-order valence-corrected chi connectivity index (χ2v) is 7.18. The first-order chi connectivity index (χ1) is 10.6. The van der Waals surface area contributed by atoms with Crippen molar-refractivity contribution < 1.29 is 4.79 Å². The number of carbonyl (C=O) groups is 1. The van der Waals surface area contributed by atoms with Gasteiger partial charge in [-0.15, -0.1) is 0 Å². The summed E-state index contributed by atoms with van der Waals surface area (Å²) in [6, 6.07) is 14.3. The largest absolute Gasteiger partial charge is 0.346 e. The highest BCUT2D eigenvalue weighted by Crippen LogP contribution is 2.25. The molecule has 0 aromatic heterocycles. The fourth-order valence-electron chi connectivity index (χ4n) is 2.99. The number of nitrogens with one attached hydrogen (secondary N) is 1. The van der Waals surface area contributed by atoms with Gasteiger partial charge in [-0.05, 0) is 96.2 Å². The maximum Gasteiger partial charge on any atom is 0.251 e. The van der Waals surface area contributed by atoms with E-state index in [1.54, 1.807) is 0 Å². The molecule has 3 heteroatoms. The van der Waals surface area contributed by atoms with Crippen LogP contribution in [0, 0.1) is 3.57 Å². The molecule has 0 spiro atoms. The summed E-state index contributed by atoms with van der Waals surface area (Å²) in [5.74, 6) is -0.0124. The lowest BCUT2D eigenvalue weighted by Crippen LogP contribution is -2.26. The number of aryl methyl sites for hydroxylation is 2. The summed E-state index contributed by atoms with van der Waals surface area (Å²) in [4.78, 5) is 12.3. The van der Waals surface area contributed by atoms with Crippen molar-refractivity contribution in [3.8, 4) is 0 Å². The smallest absolute Gasteiger partial charge is 0.251 e. The SMILES string of the molecule is C[C@@H](NC(=O)c1ccc(I)cc1)c1ccc2c(c1)CCCC2. The second kappa shape index (κ2) is 6.82. The van der Waals surface area contributed by atoms with E-state index in [9.17, 15) is 4.79 Å². The zero-order valence-electron chi connectivity index (χ0n) is 12.7. The van der Waals surface area contributed by atoms with Gasteiger partial charge in [-0.2, -0.15) is 0 Å². The summed E-state index contributed by atoms with van der Waals surface area (Å²) >= 11 is 2.24. The number of hydrogen-bond acceptors (Lipinski definition) is 1. The van der Waals surface area contributed by atoms with Crippen molar-refractivity contribution in [2.45, 2.75) is 38.6 Å². The molecule has 1 aliphatic carbocycles. The summed E-state index contributed by atoms with van der Waals surface area (Å²) in [6.07, 6.45) is 4.94. The van der Waals surface area contributed by atoms with Crippen LogP contribution in [0.3, 0.4) is 0 Å². The molecule has 0 bridgehead atoms. The van der Waals surface area contributed by atoms with Crippen LogP contribution < -0.4 is 5.32 Å². The summed E-state index contributed by atoms with van der Waals surface area (Å²) in [5, 5.41) is 3.10. The summed E-state index contributed by atoms with van der Waals surface area (Å²) in [7, 11) is 0. The van der Waals surface area contributed by atoms with E-state index in [2.05, 4.69) is 53.0 Å². The van der Waals surface area contributed by atoms with Crippen LogP contribution in [0.4, 0.5) is 0 Å². The van der Waals surface area contributed by atoms with Crippen LogP contribution in [0.25, 0.3) is 0 Å². The molecule has 1 N–H and O–H groups in total. The standard InChI is InChI=1S/C19H20INO/c1-13(21-19(22)15-8-10-18(20)11-9-15)16-7-6-14-4-2-3-5-17(14)12-16/h6-13H,2-5H2,1H3,(H,21,22)/t13-/m1/s1. The molecule has 0 heterocycles. The molecule has 1 amide bonds. The molecule has 22 heavy (non-hydrogen) atoms. The first-order valence-electron chi connectivity index (χ1n) is 7.81. The molecular weight excluding hydrogens is 385 g/mol. The number of hydrogen-bond donors (Lipinski definition) is 1. The van der Waals surface area contributed by atoms with E-state index >= 15 is 0 Å². The predicted molar refractivity (Wildman–Crippen MR) is 98.1 cm³/mol. The van der Waals surface area contributed by atoms with Gasteiger partial charge in [-0.3, -0.25) is 4.79 Å². The van der Waals surface area contributed by atoms with Gasteiger partial charge in [0, 0.05) is 9.13 Å². The topological polar surface area (TPSA) is 29.1 Å². The molecule has 3 rings (SSSR count). The Kier molecular flexibility index (Phi) is 4.81. The van der Waals surface area contributed by atoms with E-state index in [0.717, 1.165) is 3.57 Å². The monoisotopic (exact) mass is 405 g/mol. The van der Waals surface area contributed by atoms with Crippen LogP contribution >= 0.6 is 22.6 Å². The van der Waals surface area contributed by atoms with Crippen LogP contribution in [0.5, 0.6) is 0 Å². The number of halogens is 1. The van der Waals surface area contributed by atoms with E-state index < -0.39 is 0 Å². The Morgan fingerprint density at radius 3 is 2.45 bits per heavy atom. The van der Waals surface area contributed by atoms with Crippen molar-refractivity contribution in [3.05, 3.63) is 68.3 Å². The number of rotatable bonds is 3. The Labute approximate surface area is 145 Å². The lowest BCUT2D eigenvalue weighted by atomic mass is 9.89. The van der Waals surface area contributed by atoms with Gasteiger partial charge in [0.05, 0.1) is 6.04 Å². The minimum Gasteiger partial charge on any atom is -0.346 e. The van der Waals surface area contributed by atoms with Crippen LogP contribution in [0.1, 0.15) is 52.9 Å². The second-order valence-electron chi connectivity index (χ2n) is 5.94. The third-order valence-corrected chi connectivity index (χ3v) is 5.05. The van der Waals surface area contributed by atoms with E-state index in [0.29, 0.717) is 5.56 Å². The average Bonchev–Trinajstić information content (AvgIpc) is 2.55. The van der Waals surface area contributed by atoms with Crippen LogP contribution in [0.2, 0.25) is 0 Å². The summed E-state index contributed by atoms with van der Waals surface area (Å²) in [6.45, 7) is 2.05. The first kappa shape index (κ1) is 15.5. The highest BCUT2D eigenvalue weighted by Gasteiger charge is 2.14. The normalized spacial score (nSPS) is 15.0. The van der Waals surface area contributed by atoms with E-state index in [-0.39, 0.29) is 11.9 Å². The molecule has 1 atom stereocenters. The lowest BCUT2D eigenvalue weighted by Gasteiger charge is -2.20. The van der Waals surface area contributed by atoms with Gasteiger partial charge in [0.2, 0.25) is 0 Å². The Morgan fingerprint density at radius 2 is 1.73 bits per heavy atom. The highest BCUT2D eigenvalue weighted by atomic mass is 127. The van der Waals surface area contributed by atoms with Crippen molar-refractivity contribution in [1.82, 2.24) is 5.32 Å². The molecule has 2 aromatic rings. The molecular formula is C19H20INO. The third kappa shape index (κ3) is 3.51. The van der Waals surface area contributed by atoms with E-state index in [1.165, 1.54) is 42.4 Å². The predicted octanol–water partition coefficient (Wildman–Crippen LogP) is 4.66. The molecule has 1 aliphatic rings. The zero-order valence-corrected chi connectivity index (χ0v) is 14.9. The fraction of sp³-hybridized carbons (Fsp3) is 0.316. The maximum absolute atomic E-state index is 12.3. The van der Waals surface area contributed by atoms with Gasteiger partial charge >= 0.3 is 0 Å². The molecule has 0 fully saturated rings. The summed E-state index contributed by atoms with van der Waals surface area (Å²) in [5.41, 5.74) is 4.84. The maximum atomic E-state index is 12.3. The minimum absolute atomic E-state index is 0.0124. The van der Waals surface area contributed by atoms with Crippen molar-refractivity contribution in [3.63, 3.8) is 0 Å².